The van der Waals surface area contributed by atoms with Gasteiger partial charge in [0.25, 0.3) is 0 Å². The highest BCUT2D eigenvalue weighted by Crippen LogP contribution is 2.38. The zero-order valence-corrected chi connectivity index (χ0v) is 13.0. The van der Waals surface area contributed by atoms with Crippen LogP contribution >= 0.6 is 11.3 Å². The number of aryl methyl sites for hydroxylation is 1. The van der Waals surface area contributed by atoms with Crippen molar-refractivity contribution in [2.24, 2.45) is 0 Å². The molecule has 2 aromatic heterocycles. The van der Waals surface area contributed by atoms with Gasteiger partial charge in [0.2, 0.25) is 0 Å². The van der Waals surface area contributed by atoms with Gasteiger partial charge in [-0.25, -0.2) is 4.98 Å². The zero-order valence-electron chi connectivity index (χ0n) is 12.2. The number of Topliss-reactive ketones (excluding diaryl/α,β-unsaturated/α-hetero) is 1. The molecule has 22 heavy (non-hydrogen) atoms. The summed E-state index contributed by atoms with van der Waals surface area (Å²) in [6.07, 6.45) is 0. The van der Waals surface area contributed by atoms with Crippen LogP contribution < -0.4 is 5.73 Å². The van der Waals surface area contributed by atoms with Gasteiger partial charge in [0.1, 0.15) is 16.5 Å². The molecule has 0 saturated heterocycles. The van der Waals surface area contributed by atoms with Crippen molar-refractivity contribution in [1.29, 1.82) is 5.26 Å². The van der Waals surface area contributed by atoms with Crippen molar-refractivity contribution in [2.75, 3.05) is 5.73 Å². The van der Waals surface area contributed by atoms with E-state index in [0.717, 1.165) is 11.1 Å². The van der Waals surface area contributed by atoms with E-state index in [9.17, 15) is 10.1 Å². The summed E-state index contributed by atoms with van der Waals surface area (Å²) in [7, 11) is 0. The van der Waals surface area contributed by atoms with Crippen LogP contribution in [0.1, 0.15) is 27.7 Å². The monoisotopic (exact) mass is 307 g/mol. The van der Waals surface area contributed by atoms with Crippen molar-refractivity contribution in [3.8, 4) is 17.3 Å². The number of pyridine rings is 1. The van der Waals surface area contributed by atoms with E-state index >= 15 is 0 Å². The standard InChI is InChI=1S/C17H13N3OS/c1-9-13-14(19)12(8-18)15(11-6-4-3-5-7-11)20-17(13)22-16(9)10(2)21/h3-7H,1-2H3,(H2,19,20). The first-order valence-corrected chi connectivity index (χ1v) is 7.55. The Balaban J connectivity index is 2.41. The first-order valence-electron chi connectivity index (χ1n) is 6.73. The van der Waals surface area contributed by atoms with Crippen molar-refractivity contribution in [3.63, 3.8) is 0 Å². The number of nitrogen functional groups attached to an aromatic ring is 1. The lowest BCUT2D eigenvalue weighted by Gasteiger charge is -2.08. The molecule has 0 amide bonds. The highest BCUT2D eigenvalue weighted by Gasteiger charge is 2.20. The molecule has 0 radical (unpaired) electrons. The van der Waals surface area contributed by atoms with E-state index in [1.54, 1.807) is 0 Å². The van der Waals surface area contributed by atoms with Crippen LogP contribution in [0.2, 0.25) is 0 Å². The van der Waals surface area contributed by atoms with E-state index in [-0.39, 0.29) is 5.78 Å². The number of nitrogens with two attached hydrogens (primary N) is 1. The third-order valence-electron chi connectivity index (χ3n) is 3.60. The summed E-state index contributed by atoms with van der Waals surface area (Å²) in [5, 5.41) is 10.2. The second-order valence-corrected chi connectivity index (χ2v) is 6.02. The molecular formula is C17H13N3OS. The molecule has 0 aliphatic carbocycles. The first kappa shape index (κ1) is 14.2. The van der Waals surface area contributed by atoms with Crippen LogP contribution in [0.5, 0.6) is 0 Å². The Hall–Kier alpha value is -2.71. The largest absolute Gasteiger partial charge is 0.397 e. The normalized spacial score (nSPS) is 10.6. The average molecular weight is 307 g/mol. The molecule has 3 rings (SSSR count). The summed E-state index contributed by atoms with van der Waals surface area (Å²) >= 11 is 1.32. The smallest absolute Gasteiger partial charge is 0.170 e. The second-order valence-electron chi connectivity index (χ2n) is 5.02. The summed E-state index contributed by atoms with van der Waals surface area (Å²) in [5.74, 6) is -0.0142. The van der Waals surface area contributed by atoms with E-state index in [1.165, 1.54) is 18.3 Å². The van der Waals surface area contributed by atoms with Crippen LogP contribution in [0.3, 0.4) is 0 Å². The van der Waals surface area contributed by atoms with Gasteiger partial charge < -0.3 is 5.73 Å². The highest BCUT2D eigenvalue weighted by atomic mass is 32.1. The highest BCUT2D eigenvalue weighted by molar-refractivity contribution is 7.20. The topological polar surface area (TPSA) is 79.8 Å². The number of rotatable bonds is 2. The van der Waals surface area contributed by atoms with Crippen molar-refractivity contribution in [2.45, 2.75) is 13.8 Å². The van der Waals surface area contributed by atoms with Gasteiger partial charge in [-0.2, -0.15) is 5.26 Å². The van der Waals surface area contributed by atoms with Gasteiger partial charge in [-0.1, -0.05) is 30.3 Å². The van der Waals surface area contributed by atoms with Crippen LogP contribution in [0.15, 0.2) is 30.3 Å². The molecule has 0 aliphatic rings. The SMILES string of the molecule is CC(=O)c1sc2nc(-c3ccccc3)c(C#N)c(N)c2c1C. The fourth-order valence-electron chi connectivity index (χ4n) is 2.56. The summed E-state index contributed by atoms with van der Waals surface area (Å²) < 4.78 is 0. The molecule has 3 aromatic rings. The van der Waals surface area contributed by atoms with Crippen molar-refractivity contribution in [3.05, 3.63) is 46.3 Å². The predicted octanol–water partition coefficient (Wildman–Crippen LogP) is 3.93. The molecule has 4 nitrogen and oxygen atoms in total. The Morgan fingerprint density at radius 2 is 2.00 bits per heavy atom. The fourth-order valence-corrected chi connectivity index (χ4v) is 3.65. The maximum Gasteiger partial charge on any atom is 0.170 e. The van der Waals surface area contributed by atoms with Gasteiger partial charge in [0, 0.05) is 10.9 Å². The summed E-state index contributed by atoms with van der Waals surface area (Å²) in [6.45, 7) is 3.37. The van der Waals surface area contributed by atoms with Crippen molar-refractivity contribution in [1.82, 2.24) is 4.98 Å². The molecule has 108 valence electrons. The molecule has 5 heteroatoms. The minimum Gasteiger partial charge on any atom is -0.397 e. The molecule has 0 atom stereocenters. The Morgan fingerprint density at radius 1 is 1.32 bits per heavy atom. The van der Waals surface area contributed by atoms with Crippen LogP contribution in [-0.4, -0.2) is 10.8 Å². The fraction of sp³-hybridized carbons (Fsp3) is 0.118. The Labute approximate surface area is 131 Å². The molecule has 0 bridgehead atoms. The van der Waals surface area contributed by atoms with Gasteiger partial charge in [0.15, 0.2) is 5.78 Å². The minimum atomic E-state index is -0.0142. The quantitative estimate of drug-likeness (QED) is 0.727. The third kappa shape index (κ3) is 2.05. The molecule has 0 saturated carbocycles. The number of fused-ring (bicyclic) bond motifs is 1. The molecule has 0 unspecified atom stereocenters. The second kappa shape index (κ2) is 5.24. The number of ketones is 1. The first-order chi connectivity index (χ1) is 10.5. The van der Waals surface area contributed by atoms with Crippen molar-refractivity contribution >= 4 is 33.0 Å². The van der Waals surface area contributed by atoms with E-state index in [1.807, 2.05) is 37.3 Å². The lowest BCUT2D eigenvalue weighted by atomic mass is 10.0. The number of nitriles is 1. The molecule has 0 spiro atoms. The van der Waals surface area contributed by atoms with Gasteiger partial charge in [-0.05, 0) is 19.4 Å². The number of benzene rings is 1. The maximum absolute atomic E-state index is 11.7. The summed E-state index contributed by atoms with van der Waals surface area (Å²) in [4.78, 5) is 17.7. The average Bonchev–Trinajstić information content (AvgIpc) is 2.85. The molecule has 1 aromatic carbocycles. The minimum absolute atomic E-state index is 0.0142. The van der Waals surface area contributed by atoms with Crippen LogP contribution in [0, 0.1) is 18.3 Å². The van der Waals surface area contributed by atoms with E-state index in [2.05, 4.69) is 11.1 Å². The number of aromatic nitrogens is 1. The third-order valence-corrected chi connectivity index (χ3v) is 4.88. The lowest BCUT2D eigenvalue weighted by Crippen LogP contribution is -1.98. The van der Waals surface area contributed by atoms with Gasteiger partial charge in [0.05, 0.1) is 16.3 Å². The molecule has 2 N–H and O–H groups in total. The molecule has 0 aliphatic heterocycles. The number of anilines is 1. The molecule has 2 heterocycles. The summed E-state index contributed by atoms with van der Waals surface area (Å²) in [6, 6.07) is 11.6. The zero-order chi connectivity index (χ0) is 15.9. The Bertz CT molecular complexity index is 936. The van der Waals surface area contributed by atoms with E-state index < -0.39 is 0 Å². The number of hydrogen-bond donors (Lipinski definition) is 1. The molecular weight excluding hydrogens is 294 g/mol. The number of thiophene rings is 1. The van der Waals surface area contributed by atoms with Crippen molar-refractivity contribution < 1.29 is 4.79 Å². The van der Waals surface area contributed by atoms with Gasteiger partial charge in [-0.15, -0.1) is 11.3 Å². The molecule has 0 fully saturated rings. The van der Waals surface area contributed by atoms with E-state index in [0.29, 0.717) is 32.0 Å². The van der Waals surface area contributed by atoms with Crippen LogP contribution in [-0.2, 0) is 0 Å². The summed E-state index contributed by atoms with van der Waals surface area (Å²) in [5.41, 5.74) is 9.16. The lowest BCUT2D eigenvalue weighted by molar-refractivity contribution is 0.102. The van der Waals surface area contributed by atoms with Gasteiger partial charge in [-0.3, -0.25) is 4.79 Å². The van der Waals surface area contributed by atoms with Crippen LogP contribution in [0.4, 0.5) is 5.69 Å². The maximum atomic E-state index is 11.7. The Morgan fingerprint density at radius 3 is 2.59 bits per heavy atom. The number of carbonyl (C=O) groups is 1. The Kier molecular flexibility index (Phi) is 3.39. The van der Waals surface area contributed by atoms with Crippen LogP contribution in [0.25, 0.3) is 21.5 Å². The number of nitrogens with zero attached hydrogens (tertiary/aromatic N) is 2. The number of hydrogen-bond acceptors (Lipinski definition) is 5. The predicted molar refractivity (Wildman–Crippen MR) is 88.9 cm³/mol. The van der Waals surface area contributed by atoms with E-state index in [4.69, 9.17) is 5.73 Å². The number of carbonyl (C=O) groups excluding carboxylic acids is 1. The van der Waals surface area contributed by atoms with Gasteiger partial charge >= 0.3 is 0 Å².